The molecular formula is C14H16N2O5. The summed E-state index contributed by atoms with van der Waals surface area (Å²) in [7, 11) is 0. The molecule has 1 fully saturated rings. The highest BCUT2D eigenvalue weighted by Crippen LogP contribution is 2.25. The highest BCUT2D eigenvalue weighted by molar-refractivity contribution is 5.98. The summed E-state index contributed by atoms with van der Waals surface area (Å²) in [6.07, 6.45) is 2.93. The van der Waals surface area contributed by atoms with Crippen LogP contribution < -0.4 is 5.32 Å². The monoisotopic (exact) mass is 292 g/mol. The van der Waals surface area contributed by atoms with Gasteiger partial charge >= 0.3 is 5.97 Å². The van der Waals surface area contributed by atoms with Crippen LogP contribution in [0.5, 0.6) is 0 Å². The van der Waals surface area contributed by atoms with Crippen LogP contribution in [0, 0.1) is 16.0 Å². The molecule has 0 aliphatic heterocycles. The maximum Gasteiger partial charge on any atom is 0.335 e. The number of aromatic carboxylic acids is 1. The number of non-ortho nitro benzene ring substituents is 1. The summed E-state index contributed by atoms with van der Waals surface area (Å²) in [5.41, 5.74) is -0.672. The van der Waals surface area contributed by atoms with E-state index in [1.54, 1.807) is 0 Å². The fourth-order valence-corrected chi connectivity index (χ4v) is 2.58. The number of benzene rings is 1. The minimum absolute atomic E-state index is 0.000648. The molecule has 1 aliphatic carbocycles. The Morgan fingerprint density at radius 3 is 2.48 bits per heavy atom. The number of nitro groups is 1. The zero-order valence-corrected chi connectivity index (χ0v) is 11.5. The van der Waals surface area contributed by atoms with E-state index in [0.29, 0.717) is 5.92 Å². The summed E-state index contributed by atoms with van der Waals surface area (Å²) < 4.78 is 0. The van der Waals surface area contributed by atoms with Gasteiger partial charge in [-0.3, -0.25) is 14.9 Å². The van der Waals surface area contributed by atoms with Crippen molar-refractivity contribution >= 4 is 17.6 Å². The molecule has 2 atom stereocenters. The van der Waals surface area contributed by atoms with E-state index < -0.39 is 22.5 Å². The van der Waals surface area contributed by atoms with Crippen molar-refractivity contribution < 1.29 is 19.6 Å². The lowest BCUT2D eigenvalue weighted by Crippen LogP contribution is -2.36. The van der Waals surface area contributed by atoms with Crippen LogP contribution in [0.3, 0.4) is 0 Å². The third-order valence-corrected chi connectivity index (χ3v) is 3.82. The molecular weight excluding hydrogens is 276 g/mol. The molecule has 1 aromatic rings. The molecule has 7 heteroatoms. The van der Waals surface area contributed by atoms with Crippen molar-refractivity contribution in [3.63, 3.8) is 0 Å². The molecule has 21 heavy (non-hydrogen) atoms. The van der Waals surface area contributed by atoms with Crippen LogP contribution in [0.15, 0.2) is 18.2 Å². The second-order valence-corrected chi connectivity index (χ2v) is 5.32. The number of nitrogens with one attached hydrogen (secondary N) is 1. The average Bonchev–Trinajstić information content (AvgIpc) is 2.83. The van der Waals surface area contributed by atoms with Crippen molar-refractivity contribution in [2.45, 2.75) is 32.2 Å². The van der Waals surface area contributed by atoms with Gasteiger partial charge in [0, 0.05) is 23.7 Å². The molecule has 0 spiro atoms. The number of hydrogen-bond donors (Lipinski definition) is 2. The third-order valence-electron chi connectivity index (χ3n) is 3.82. The van der Waals surface area contributed by atoms with Crippen molar-refractivity contribution in [2.75, 3.05) is 0 Å². The van der Waals surface area contributed by atoms with Crippen molar-refractivity contribution in [2.24, 2.45) is 5.92 Å². The number of carbonyl (C=O) groups is 2. The van der Waals surface area contributed by atoms with Crippen LogP contribution in [0.1, 0.15) is 46.9 Å². The average molecular weight is 292 g/mol. The molecule has 0 heterocycles. The van der Waals surface area contributed by atoms with Crippen LogP contribution in [0.2, 0.25) is 0 Å². The van der Waals surface area contributed by atoms with Gasteiger partial charge in [0.1, 0.15) is 0 Å². The molecule has 1 saturated carbocycles. The maximum absolute atomic E-state index is 12.2. The molecule has 1 aliphatic rings. The van der Waals surface area contributed by atoms with E-state index in [1.165, 1.54) is 0 Å². The standard InChI is InChI=1S/C14H16N2O5/c1-8-3-2-4-12(8)15-13(17)9-5-10(14(18)19)7-11(6-9)16(20)21/h5-8,12H,2-4H2,1H3,(H,15,17)(H,18,19). The fraction of sp³-hybridized carbons (Fsp3) is 0.429. The van der Waals surface area contributed by atoms with E-state index in [2.05, 4.69) is 5.32 Å². The Bertz CT molecular complexity index is 567. The first kappa shape index (κ1) is 15.0. The van der Waals surface area contributed by atoms with E-state index in [-0.39, 0.29) is 17.2 Å². The first-order valence-corrected chi connectivity index (χ1v) is 6.72. The summed E-state index contributed by atoms with van der Waals surface area (Å²) >= 11 is 0. The summed E-state index contributed by atoms with van der Waals surface area (Å²) in [5, 5.41) is 22.6. The number of rotatable bonds is 4. The van der Waals surface area contributed by atoms with Crippen molar-refractivity contribution in [3.05, 3.63) is 39.4 Å². The number of amides is 1. The zero-order valence-electron chi connectivity index (χ0n) is 11.5. The topological polar surface area (TPSA) is 110 Å². The number of hydrogen-bond acceptors (Lipinski definition) is 4. The van der Waals surface area contributed by atoms with Gasteiger partial charge in [-0.25, -0.2) is 4.79 Å². The zero-order chi connectivity index (χ0) is 15.6. The van der Waals surface area contributed by atoms with Gasteiger partial charge in [0.05, 0.1) is 10.5 Å². The molecule has 1 amide bonds. The Balaban J connectivity index is 2.27. The highest BCUT2D eigenvalue weighted by atomic mass is 16.6. The predicted octanol–water partition coefficient (Wildman–Crippen LogP) is 2.21. The third kappa shape index (κ3) is 3.36. The molecule has 2 N–H and O–H groups in total. The highest BCUT2D eigenvalue weighted by Gasteiger charge is 2.26. The van der Waals surface area contributed by atoms with Crippen molar-refractivity contribution in [1.82, 2.24) is 5.32 Å². The molecule has 2 unspecified atom stereocenters. The first-order valence-electron chi connectivity index (χ1n) is 6.72. The lowest BCUT2D eigenvalue weighted by atomic mass is 10.0. The molecule has 1 aromatic carbocycles. The van der Waals surface area contributed by atoms with Crippen LogP contribution in [-0.4, -0.2) is 27.9 Å². The van der Waals surface area contributed by atoms with E-state index >= 15 is 0 Å². The minimum atomic E-state index is -1.30. The lowest BCUT2D eigenvalue weighted by molar-refractivity contribution is -0.384. The largest absolute Gasteiger partial charge is 0.478 e. The summed E-state index contributed by atoms with van der Waals surface area (Å²) in [5.74, 6) is -1.42. The molecule has 112 valence electrons. The number of nitro benzene ring substituents is 1. The fourth-order valence-electron chi connectivity index (χ4n) is 2.58. The number of carboxylic acids is 1. The Morgan fingerprint density at radius 2 is 1.95 bits per heavy atom. The predicted molar refractivity (Wildman–Crippen MR) is 74.3 cm³/mol. The molecule has 0 saturated heterocycles. The Morgan fingerprint density at radius 1 is 1.29 bits per heavy atom. The van der Waals surface area contributed by atoms with E-state index in [0.717, 1.165) is 37.5 Å². The van der Waals surface area contributed by atoms with Crippen LogP contribution in [0.25, 0.3) is 0 Å². The van der Waals surface area contributed by atoms with E-state index in [4.69, 9.17) is 5.11 Å². The summed E-state index contributed by atoms with van der Waals surface area (Å²) in [6, 6.07) is 3.23. The minimum Gasteiger partial charge on any atom is -0.478 e. The van der Waals surface area contributed by atoms with Gasteiger partial charge in [-0.05, 0) is 24.8 Å². The normalized spacial score (nSPS) is 21.0. The van der Waals surface area contributed by atoms with E-state index in [9.17, 15) is 19.7 Å². The Hall–Kier alpha value is -2.44. The first-order chi connectivity index (χ1) is 9.88. The molecule has 0 bridgehead atoms. The van der Waals surface area contributed by atoms with E-state index in [1.807, 2.05) is 6.92 Å². The molecule has 7 nitrogen and oxygen atoms in total. The molecule has 0 aromatic heterocycles. The van der Waals surface area contributed by atoms with Gasteiger partial charge in [-0.1, -0.05) is 13.3 Å². The molecule has 0 radical (unpaired) electrons. The Kier molecular flexibility index (Phi) is 4.21. The van der Waals surface area contributed by atoms with Gasteiger partial charge in [-0.15, -0.1) is 0 Å². The van der Waals surface area contributed by atoms with Gasteiger partial charge in [0.2, 0.25) is 0 Å². The number of carboxylic acid groups (broad SMARTS) is 1. The second kappa shape index (κ2) is 5.90. The lowest BCUT2D eigenvalue weighted by Gasteiger charge is -2.17. The van der Waals surface area contributed by atoms with Crippen molar-refractivity contribution in [1.29, 1.82) is 0 Å². The quantitative estimate of drug-likeness (QED) is 0.653. The summed E-state index contributed by atoms with van der Waals surface area (Å²) in [4.78, 5) is 33.3. The summed E-state index contributed by atoms with van der Waals surface area (Å²) in [6.45, 7) is 2.04. The van der Waals surface area contributed by atoms with Gasteiger partial charge in [-0.2, -0.15) is 0 Å². The van der Waals surface area contributed by atoms with Crippen molar-refractivity contribution in [3.8, 4) is 0 Å². The SMILES string of the molecule is CC1CCCC1NC(=O)c1cc(C(=O)O)cc([N+](=O)[O-])c1. The number of nitrogens with zero attached hydrogens (tertiary/aromatic N) is 1. The Labute approximate surface area is 121 Å². The van der Waals surface area contributed by atoms with Gasteiger partial charge in [0.25, 0.3) is 11.6 Å². The van der Waals surface area contributed by atoms with Crippen LogP contribution in [-0.2, 0) is 0 Å². The second-order valence-electron chi connectivity index (χ2n) is 5.32. The maximum atomic E-state index is 12.2. The molecule has 2 rings (SSSR count). The van der Waals surface area contributed by atoms with Gasteiger partial charge in [0.15, 0.2) is 0 Å². The van der Waals surface area contributed by atoms with Crippen LogP contribution in [0.4, 0.5) is 5.69 Å². The van der Waals surface area contributed by atoms with Crippen LogP contribution >= 0.6 is 0 Å². The smallest absolute Gasteiger partial charge is 0.335 e. The number of carbonyl (C=O) groups excluding carboxylic acids is 1. The van der Waals surface area contributed by atoms with Gasteiger partial charge < -0.3 is 10.4 Å².